The number of hydrogen-bond acceptors (Lipinski definition) is 4. The number of fused-ring (bicyclic) bond motifs is 1. The smallest absolute Gasteiger partial charge is 0.254 e. The molecule has 0 aromatic carbocycles. The first-order chi connectivity index (χ1) is 12.0. The van der Waals surface area contributed by atoms with Crippen LogP contribution < -0.4 is 5.32 Å². The van der Waals surface area contributed by atoms with Crippen molar-refractivity contribution in [3.05, 3.63) is 35.3 Å². The molecule has 0 unspecified atom stereocenters. The number of rotatable bonds is 5. The fourth-order valence-corrected chi connectivity index (χ4v) is 4.94. The second kappa shape index (κ2) is 6.29. The Morgan fingerprint density at radius 3 is 3.04 bits per heavy atom. The maximum absolute atomic E-state index is 12.4. The van der Waals surface area contributed by atoms with Crippen molar-refractivity contribution < 1.29 is 13.9 Å². The van der Waals surface area contributed by atoms with Crippen molar-refractivity contribution in [2.24, 2.45) is 11.8 Å². The molecule has 1 aromatic heterocycles. The highest BCUT2D eigenvalue weighted by Gasteiger charge is 2.62. The van der Waals surface area contributed by atoms with Gasteiger partial charge >= 0.3 is 0 Å². The van der Waals surface area contributed by atoms with E-state index >= 15 is 0 Å². The van der Waals surface area contributed by atoms with E-state index in [0.29, 0.717) is 35.8 Å². The number of amides is 1. The van der Waals surface area contributed by atoms with Crippen LogP contribution in [0.3, 0.4) is 0 Å². The Morgan fingerprint density at radius 1 is 1.48 bits per heavy atom. The number of hydrogen-bond donors (Lipinski definition) is 1. The molecule has 3 aliphatic rings. The Kier molecular flexibility index (Phi) is 4.24. The predicted molar refractivity (Wildman–Crippen MR) is 95.5 cm³/mol. The minimum absolute atomic E-state index is 0.0289. The zero-order valence-electron chi connectivity index (χ0n) is 15.4. The van der Waals surface area contributed by atoms with Crippen LogP contribution in [-0.4, -0.2) is 48.7 Å². The normalized spacial score (nSPS) is 33.5. The summed E-state index contributed by atoms with van der Waals surface area (Å²) < 4.78 is 11.7. The van der Waals surface area contributed by atoms with Crippen molar-refractivity contribution in [1.82, 2.24) is 10.2 Å². The van der Waals surface area contributed by atoms with Gasteiger partial charge in [-0.1, -0.05) is 11.6 Å². The Hall–Kier alpha value is -1.59. The minimum Gasteiger partial charge on any atom is -0.469 e. The summed E-state index contributed by atoms with van der Waals surface area (Å²) in [4.78, 5) is 14.9. The van der Waals surface area contributed by atoms with E-state index in [2.05, 4.69) is 30.1 Å². The highest BCUT2D eigenvalue weighted by Crippen LogP contribution is 2.54. The molecule has 1 aromatic rings. The molecule has 0 saturated carbocycles. The summed E-state index contributed by atoms with van der Waals surface area (Å²) in [6.07, 6.45) is 6.46. The van der Waals surface area contributed by atoms with Gasteiger partial charge in [0.25, 0.3) is 5.91 Å². The molecule has 5 heteroatoms. The molecule has 3 aliphatic heterocycles. The molecule has 4 atom stereocenters. The lowest BCUT2D eigenvalue weighted by atomic mass is 9.73. The van der Waals surface area contributed by atoms with Crippen LogP contribution in [0.5, 0.6) is 0 Å². The van der Waals surface area contributed by atoms with Crippen LogP contribution in [0.2, 0.25) is 0 Å². The van der Waals surface area contributed by atoms with Crippen LogP contribution in [0.25, 0.3) is 0 Å². The van der Waals surface area contributed by atoms with E-state index in [1.54, 1.807) is 12.3 Å². The fourth-order valence-electron chi connectivity index (χ4n) is 4.94. The zero-order chi connectivity index (χ0) is 17.6. The van der Waals surface area contributed by atoms with Crippen molar-refractivity contribution in [2.75, 3.05) is 26.2 Å². The van der Waals surface area contributed by atoms with Crippen molar-refractivity contribution in [3.8, 4) is 0 Å². The second-order valence-electron chi connectivity index (χ2n) is 8.11. The third-order valence-electron chi connectivity index (χ3n) is 6.21. The summed E-state index contributed by atoms with van der Waals surface area (Å²) in [6, 6.07) is 1.74. The highest BCUT2D eigenvalue weighted by atomic mass is 16.5. The summed E-state index contributed by atoms with van der Waals surface area (Å²) in [7, 11) is 0. The predicted octanol–water partition coefficient (Wildman–Crippen LogP) is 2.76. The van der Waals surface area contributed by atoms with E-state index in [-0.39, 0.29) is 11.5 Å². The van der Waals surface area contributed by atoms with Crippen molar-refractivity contribution in [3.63, 3.8) is 0 Å². The molecular weight excluding hydrogens is 316 g/mol. The molecule has 4 rings (SSSR count). The van der Waals surface area contributed by atoms with Gasteiger partial charge in [0.05, 0.1) is 23.5 Å². The molecular formula is C20H28N2O3. The molecule has 25 heavy (non-hydrogen) atoms. The quantitative estimate of drug-likeness (QED) is 0.835. The van der Waals surface area contributed by atoms with Crippen LogP contribution in [-0.2, 0) is 4.74 Å². The topological polar surface area (TPSA) is 54.7 Å². The Balaban J connectivity index is 1.41. The lowest BCUT2D eigenvalue weighted by Crippen LogP contribution is -2.41. The molecule has 2 bridgehead atoms. The Labute approximate surface area is 149 Å². The maximum Gasteiger partial charge on any atom is 0.254 e. The third-order valence-corrected chi connectivity index (χ3v) is 6.21. The first-order valence-electron chi connectivity index (χ1n) is 9.34. The van der Waals surface area contributed by atoms with Gasteiger partial charge in [-0.25, -0.2) is 0 Å². The van der Waals surface area contributed by atoms with Gasteiger partial charge in [0.1, 0.15) is 5.76 Å². The number of nitrogens with zero attached hydrogens (tertiary/aromatic N) is 1. The van der Waals surface area contributed by atoms with E-state index in [0.717, 1.165) is 26.1 Å². The SMILES string of the molecule is CC(C)=CCN1C[C@@H]2[C@H](CNC(=O)c3ccoc3C)[C@H]3CC[C@]2(C1)O3. The molecule has 0 radical (unpaired) electrons. The molecule has 4 heterocycles. The van der Waals surface area contributed by atoms with E-state index in [1.165, 1.54) is 12.0 Å². The monoisotopic (exact) mass is 344 g/mol. The molecule has 136 valence electrons. The first-order valence-corrected chi connectivity index (χ1v) is 9.34. The fraction of sp³-hybridized carbons (Fsp3) is 0.650. The number of carbonyl (C=O) groups excluding carboxylic acids is 1. The van der Waals surface area contributed by atoms with Gasteiger partial charge in [-0.05, 0) is 39.7 Å². The zero-order valence-corrected chi connectivity index (χ0v) is 15.4. The summed E-state index contributed by atoms with van der Waals surface area (Å²) in [5.41, 5.74) is 2.02. The summed E-state index contributed by atoms with van der Waals surface area (Å²) in [5.74, 6) is 1.58. The summed E-state index contributed by atoms with van der Waals surface area (Å²) in [5, 5.41) is 3.12. The molecule has 1 amide bonds. The van der Waals surface area contributed by atoms with Crippen molar-refractivity contribution in [2.45, 2.75) is 45.3 Å². The van der Waals surface area contributed by atoms with Gasteiger partial charge in [0.15, 0.2) is 0 Å². The lowest BCUT2D eigenvalue weighted by molar-refractivity contribution is 0.00364. The molecule has 1 spiro atoms. The molecule has 1 N–H and O–H groups in total. The van der Waals surface area contributed by atoms with E-state index < -0.39 is 0 Å². The van der Waals surface area contributed by atoms with Crippen LogP contribution >= 0.6 is 0 Å². The summed E-state index contributed by atoms with van der Waals surface area (Å²) in [6.45, 7) is 9.91. The number of likely N-dealkylation sites (tertiary alicyclic amines) is 1. The van der Waals surface area contributed by atoms with Crippen LogP contribution in [0.1, 0.15) is 42.8 Å². The largest absolute Gasteiger partial charge is 0.469 e. The van der Waals surface area contributed by atoms with E-state index in [4.69, 9.17) is 9.15 Å². The maximum atomic E-state index is 12.4. The van der Waals surface area contributed by atoms with Gasteiger partial charge in [-0.3, -0.25) is 9.69 Å². The van der Waals surface area contributed by atoms with Crippen molar-refractivity contribution >= 4 is 5.91 Å². The number of nitrogens with one attached hydrogen (secondary N) is 1. The Bertz CT molecular complexity index is 691. The molecule has 3 saturated heterocycles. The van der Waals surface area contributed by atoms with Gasteiger partial charge in [-0.2, -0.15) is 0 Å². The lowest BCUT2D eigenvalue weighted by Gasteiger charge is -2.29. The molecule has 3 fully saturated rings. The first kappa shape index (κ1) is 16.9. The van der Waals surface area contributed by atoms with E-state index in [1.807, 2.05) is 6.92 Å². The van der Waals surface area contributed by atoms with Crippen LogP contribution in [0, 0.1) is 18.8 Å². The second-order valence-corrected chi connectivity index (χ2v) is 8.11. The van der Waals surface area contributed by atoms with E-state index in [9.17, 15) is 4.79 Å². The third kappa shape index (κ3) is 2.93. The van der Waals surface area contributed by atoms with Crippen LogP contribution in [0.4, 0.5) is 0 Å². The standard InChI is InChI=1S/C20H28N2O3/c1-13(2)5-8-22-11-17-16(18-4-7-20(17,12-22)25-18)10-21-19(23)15-6-9-24-14(15)3/h5-6,9,16-18H,4,7-8,10-12H2,1-3H3,(H,21,23)/t16-,17+,18+,20+/m0/s1. The van der Waals surface area contributed by atoms with Gasteiger partial charge in [0, 0.05) is 38.0 Å². The summed E-state index contributed by atoms with van der Waals surface area (Å²) >= 11 is 0. The van der Waals surface area contributed by atoms with Crippen molar-refractivity contribution in [1.29, 1.82) is 0 Å². The van der Waals surface area contributed by atoms with Gasteiger partial charge in [-0.15, -0.1) is 0 Å². The minimum atomic E-state index is -0.0394. The molecule has 0 aliphatic carbocycles. The average molecular weight is 344 g/mol. The van der Waals surface area contributed by atoms with Crippen LogP contribution in [0.15, 0.2) is 28.4 Å². The number of furan rings is 1. The molecule has 5 nitrogen and oxygen atoms in total. The number of carbonyl (C=O) groups is 1. The Morgan fingerprint density at radius 2 is 2.32 bits per heavy atom. The number of ether oxygens (including phenoxy) is 1. The number of allylic oxidation sites excluding steroid dienone is 1. The highest BCUT2D eigenvalue weighted by molar-refractivity contribution is 5.95. The van der Waals surface area contributed by atoms with Gasteiger partial charge < -0.3 is 14.5 Å². The number of aryl methyl sites for hydroxylation is 1. The van der Waals surface area contributed by atoms with Gasteiger partial charge in [0.2, 0.25) is 0 Å². The average Bonchev–Trinajstić information content (AvgIpc) is 3.30.